The van der Waals surface area contributed by atoms with Crippen molar-refractivity contribution in [3.05, 3.63) is 11.8 Å². The number of likely N-dealkylation sites (N-methyl/N-ethyl adjacent to an activating group) is 1. The number of aliphatic imine (C=N–C) groups is 1. The molecule has 1 heterocycles. The van der Waals surface area contributed by atoms with E-state index in [4.69, 9.17) is 0 Å². The molecule has 1 rings (SSSR count). The Balaban J connectivity index is 2.33. The number of amides is 1. The van der Waals surface area contributed by atoms with Crippen LogP contribution in [-0.4, -0.2) is 32.3 Å². The highest BCUT2D eigenvalue weighted by molar-refractivity contribution is 5.92. The van der Waals surface area contributed by atoms with Crippen LogP contribution < -0.4 is 10.6 Å². The Kier molecular flexibility index (Phi) is 4.87. The number of hydrogen-bond donors (Lipinski definition) is 2. The fraction of sp³-hybridized carbons (Fsp3) is 0.636. The third-order valence-corrected chi connectivity index (χ3v) is 2.51. The van der Waals surface area contributed by atoms with Gasteiger partial charge in [0.2, 0.25) is 0 Å². The lowest BCUT2D eigenvalue weighted by atomic mass is 10.0. The lowest BCUT2D eigenvalue weighted by Gasteiger charge is -2.16. The van der Waals surface area contributed by atoms with Gasteiger partial charge in [-0.1, -0.05) is 6.08 Å². The van der Waals surface area contributed by atoms with Crippen molar-refractivity contribution in [3.63, 3.8) is 0 Å². The van der Waals surface area contributed by atoms with E-state index in [1.807, 2.05) is 13.1 Å². The van der Waals surface area contributed by atoms with Gasteiger partial charge in [-0.05, 0) is 19.8 Å². The van der Waals surface area contributed by atoms with Crippen LogP contribution in [0.4, 0.5) is 0 Å². The number of rotatable bonds is 4. The highest BCUT2D eigenvalue weighted by atomic mass is 16.2. The molecule has 1 atom stereocenters. The van der Waals surface area contributed by atoms with Gasteiger partial charge in [0, 0.05) is 32.3 Å². The second-order valence-electron chi connectivity index (χ2n) is 3.62. The molecule has 0 bridgehead atoms. The normalized spacial score (nSPS) is 21.2. The first-order chi connectivity index (χ1) is 7.27. The summed E-state index contributed by atoms with van der Waals surface area (Å²) in [6.45, 7) is 3.45. The molecule has 0 aromatic carbocycles. The minimum Gasteiger partial charge on any atom is -0.384 e. The average Bonchev–Trinajstić information content (AvgIpc) is 2.29. The van der Waals surface area contributed by atoms with Gasteiger partial charge in [-0.2, -0.15) is 0 Å². The molecule has 0 aromatic rings. The number of nitrogens with one attached hydrogen (secondary N) is 2. The van der Waals surface area contributed by atoms with Crippen molar-refractivity contribution in [1.82, 2.24) is 10.6 Å². The van der Waals surface area contributed by atoms with Crippen molar-refractivity contribution in [2.24, 2.45) is 10.9 Å². The van der Waals surface area contributed by atoms with E-state index < -0.39 is 0 Å². The molecule has 0 aliphatic carbocycles. The number of nitrogens with zero attached hydrogens (tertiary/aromatic N) is 1. The molecular formula is C11H19N3O. The standard InChI is InChI=1S/C11H19N3O/c1-3-10(12-2)11(15)14-8-9-5-4-6-13-7-9/h3,7,9,12H,4-6,8H2,1-2H3,(H,14,15)/b10-3-. The first-order valence-corrected chi connectivity index (χ1v) is 5.40. The fourth-order valence-electron chi connectivity index (χ4n) is 1.61. The summed E-state index contributed by atoms with van der Waals surface area (Å²) in [6.07, 6.45) is 5.97. The Labute approximate surface area is 90.8 Å². The van der Waals surface area contributed by atoms with Gasteiger partial charge >= 0.3 is 0 Å². The summed E-state index contributed by atoms with van der Waals surface area (Å²) in [7, 11) is 1.75. The smallest absolute Gasteiger partial charge is 0.267 e. The molecule has 4 nitrogen and oxygen atoms in total. The van der Waals surface area contributed by atoms with Crippen LogP contribution in [0.2, 0.25) is 0 Å². The van der Waals surface area contributed by atoms with Gasteiger partial charge in [0.05, 0.1) is 5.70 Å². The van der Waals surface area contributed by atoms with Crippen LogP contribution in [0.15, 0.2) is 16.8 Å². The Bertz CT molecular complexity index is 271. The topological polar surface area (TPSA) is 53.5 Å². The van der Waals surface area contributed by atoms with Crippen molar-refractivity contribution in [2.75, 3.05) is 20.1 Å². The molecular weight excluding hydrogens is 190 g/mol. The van der Waals surface area contributed by atoms with Crippen LogP contribution in [0.3, 0.4) is 0 Å². The van der Waals surface area contributed by atoms with Gasteiger partial charge in [-0.3, -0.25) is 9.79 Å². The van der Waals surface area contributed by atoms with Gasteiger partial charge in [0.1, 0.15) is 0 Å². The van der Waals surface area contributed by atoms with E-state index in [-0.39, 0.29) is 5.91 Å². The van der Waals surface area contributed by atoms with E-state index in [0.717, 1.165) is 19.4 Å². The number of carbonyl (C=O) groups is 1. The van der Waals surface area contributed by atoms with Crippen molar-refractivity contribution in [3.8, 4) is 0 Å². The van der Waals surface area contributed by atoms with E-state index >= 15 is 0 Å². The summed E-state index contributed by atoms with van der Waals surface area (Å²) in [5.41, 5.74) is 0.614. The van der Waals surface area contributed by atoms with Crippen molar-refractivity contribution >= 4 is 12.1 Å². The van der Waals surface area contributed by atoms with Crippen molar-refractivity contribution in [2.45, 2.75) is 19.8 Å². The maximum atomic E-state index is 11.6. The molecule has 0 fully saturated rings. The van der Waals surface area contributed by atoms with Gasteiger partial charge in [-0.15, -0.1) is 0 Å². The summed E-state index contributed by atoms with van der Waals surface area (Å²) in [4.78, 5) is 15.8. The van der Waals surface area contributed by atoms with E-state index in [1.165, 1.54) is 0 Å². The molecule has 15 heavy (non-hydrogen) atoms. The van der Waals surface area contributed by atoms with Crippen LogP contribution in [0.25, 0.3) is 0 Å². The Hall–Kier alpha value is -1.32. The number of carbonyl (C=O) groups excluding carboxylic acids is 1. The van der Waals surface area contributed by atoms with Crippen LogP contribution in [0.5, 0.6) is 0 Å². The first kappa shape index (κ1) is 11.8. The second-order valence-corrected chi connectivity index (χ2v) is 3.62. The molecule has 1 aliphatic heterocycles. The molecule has 4 heteroatoms. The molecule has 84 valence electrons. The van der Waals surface area contributed by atoms with Crippen LogP contribution >= 0.6 is 0 Å². The molecule has 1 unspecified atom stereocenters. The van der Waals surface area contributed by atoms with Crippen LogP contribution in [0, 0.1) is 5.92 Å². The van der Waals surface area contributed by atoms with E-state index in [2.05, 4.69) is 15.6 Å². The third-order valence-electron chi connectivity index (χ3n) is 2.51. The van der Waals surface area contributed by atoms with Gasteiger partial charge in [0.25, 0.3) is 5.91 Å². The molecule has 1 aliphatic rings. The fourth-order valence-corrected chi connectivity index (χ4v) is 1.61. The number of hydrogen-bond acceptors (Lipinski definition) is 3. The highest BCUT2D eigenvalue weighted by Gasteiger charge is 2.12. The minimum absolute atomic E-state index is 0.0426. The summed E-state index contributed by atoms with van der Waals surface area (Å²) >= 11 is 0. The average molecular weight is 209 g/mol. The minimum atomic E-state index is -0.0426. The zero-order chi connectivity index (χ0) is 11.1. The van der Waals surface area contributed by atoms with Crippen molar-refractivity contribution in [1.29, 1.82) is 0 Å². The highest BCUT2D eigenvalue weighted by Crippen LogP contribution is 2.08. The van der Waals surface area contributed by atoms with Gasteiger partial charge < -0.3 is 10.6 Å². The molecule has 0 saturated heterocycles. The maximum Gasteiger partial charge on any atom is 0.267 e. The van der Waals surface area contributed by atoms with Gasteiger partial charge in [0.15, 0.2) is 0 Å². The lowest BCUT2D eigenvalue weighted by molar-refractivity contribution is -0.117. The Morgan fingerprint density at radius 1 is 1.67 bits per heavy atom. The van der Waals surface area contributed by atoms with Crippen LogP contribution in [0.1, 0.15) is 19.8 Å². The van der Waals surface area contributed by atoms with Crippen molar-refractivity contribution < 1.29 is 4.79 Å². The lowest BCUT2D eigenvalue weighted by Crippen LogP contribution is -2.34. The molecule has 1 amide bonds. The number of allylic oxidation sites excluding steroid dienone is 1. The predicted octanol–water partition coefficient (Wildman–Crippen LogP) is 0.707. The molecule has 2 N–H and O–H groups in total. The molecule has 0 aromatic heterocycles. The largest absolute Gasteiger partial charge is 0.384 e. The summed E-state index contributed by atoms with van der Waals surface area (Å²) < 4.78 is 0. The van der Waals surface area contributed by atoms with E-state index in [1.54, 1.807) is 13.1 Å². The SMILES string of the molecule is C/C=C(\NC)C(=O)NCC1C=NCCC1. The second kappa shape index (κ2) is 6.22. The predicted molar refractivity (Wildman–Crippen MR) is 61.9 cm³/mol. The summed E-state index contributed by atoms with van der Waals surface area (Å²) in [5, 5.41) is 5.75. The van der Waals surface area contributed by atoms with E-state index in [9.17, 15) is 4.79 Å². The monoisotopic (exact) mass is 209 g/mol. The summed E-state index contributed by atoms with van der Waals surface area (Å²) in [5.74, 6) is 0.358. The maximum absolute atomic E-state index is 11.6. The van der Waals surface area contributed by atoms with E-state index in [0.29, 0.717) is 18.2 Å². The first-order valence-electron chi connectivity index (χ1n) is 5.40. The third kappa shape index (κ3) is 3.73. The van der Waals surface area contributed by atoms with Gasteiger partial charge in [-0.25, -0.2) is 0 Å². The molecule has 0 radical (unpaired) electrons. The quantitative estimate of drug-likeness (QED) is 0.670. The Morgan fingerprint density at radius 2 is 2.47 bits per heavy atom. The molecule has 0 spiro atoms. The van der Waals surface area contributed by atoms with Crippen LogP contribution in [-0.2, 0) is 4.79 Å². The summed E-state index contributed by atoms with van der Waals surface area (Å²) in [6, 6.07) is 0. The molecule has 0 saturated carbocycles. The zero-order valence-corrected chi connectivity index (χ0v) is 9.42. The zero-order valence-electron chi connectivity index (χ0n) is 9.42. The Morgan fingerprint density at radius 3 is 3.00 bits per heavy atom.